The van der Waals surface area contributed by atoms with Gasteiger partial charge in [-0.15, -0.1) is 11.6 Å². The fourth-order valence-electron chi connectivity index (χ4n) is 0.838. The Bertz CT molecular complexity index is 329. The van der Waals surface area contributed by atoms with Gasteiger partial charge in [0.2, 0.25) is 0 Å². The van der Waals surface area contributed by atoms with Crippen molar-refractivity contribution in [2.75, 3.05) is 5.88 Å². The summed E-state index contributed by atoms with van der Waals surface area (Å²) in [6.45, 7) is 0. The molecule has 0 nitrogen and oxygen atoms in total. The Morgan fingerprint density at radius 2 is 2.08 bits per heavy atom. The van der Waals surface area contributed by atoms with Crippen LogP contribution in [0.3, 0.4) is 0 Å². The van der Waals surface area contributed by atoms with Gasteiger partial charge in [0, 0.05) is 27.4 Å². The van der Waals surface area contributed by atoms with Gasteiger partial charge in [0.05, 0.1) is 0 Å². The smallest absolute Gasteiger partial charge is 0.0429 e. The molecule has 0 unspecified atom stereocenters. The summed E-state index contributed by atoms with van der Waals surface area (Å²) in [5.74, 6) is 6.49. The fourth-order valence-corrected chi connectivity index (χ4v) is 1.79. The molecule has 0 bridgehead atoms. The van der Waals surface area contributed by atoms with Crippen molar-refractivity contribution in [1.82, 2.24) is 0 Å². The van der Waals surface area contributed by atoms with Gasteiger partial charge in [-0.2, -0.15) is 0 Å². The van der Waals surface area contributed by atoms with Crippen molar-refractivity contribution in [1.29, 1.82) is 0 Å². The molecule has 0 spiro atoms. The lowest BCUT2D eigenvalue weighted by atomic mass is 10.2. The highest BCUT2D eigenvalue weighted by atomic mass is 79.9. The second-order valence-corrected chi connectivity index (χ2v) is 4.13. The van der Waals surface area contributed by atoms with Crippen LogP contribution in [0.4, 0.5) is 0 Å². The van der Waals surface area contributed by atoms with Gasteiger partial charge >= 0.3 is 0 Å². The Balaban J connectivity index is 2.85. The van der Waals surface area contributed by atoms with Gasteiger partial charge in [-0.1, -0.05) is 39.4 Å². The first-order valence-electron chi connectivity index (χ1n) is 3.73. The molecule has 0 heterocycles. The summed E-state index contributed by atoms with van der Waals surface area (Å²) in [7, 11) is 0. The summed E-state index contributed by atoms with van der Waals surface area (Å²) in [6, 6.07) is 5.58. The molecule has 0 atom stereocenters. The van der Waals surface area contributed by atoms with Crippen molar-refractivity contribution in [3.8, 4) is 11.8 Å². The third-order valence-corrected chi connectivity index (χ3v) is 2.18. The van der Waals surface area contributed by atoms with Gasteiger partial charge in [0.1, 0.15) is 0 Å². The minimum atomic E-state index is 0.564. The van der Waals surface area contributed by atoms with Crippen molar-refractivity contribution in [2.45, 2.75) is 6.42 Å². The zero-order valence-corrected chi connectivity index (χ0v) is 9.88. The summed E-state index contributed by atoms with van der Waals surface area (Å²) in [5, 5.41) is 0.685. The van der Waals surface area contributed by atoms with Crippen LogP contribution in [0.5, 0.6) is 0 Å². The topological polar surface area (TPSA) is 0 Å². The number of alkyl halides is 1. The van der Waals surface area contributed by atoms with E-state index in [1.807, 2.05) is 18.2 Å². The normalized spacial score (nSPS) is 9.15. The Labute approximate surface area is 96.4 Å². The summed E-state index contributed by atoms with van der Waals surface area (Å²) >= 11 is 14.7. The molecule has 0 aromatic heterocycles. The molecule has 1 rings (SSSR count). The van der Waals surface area contributed by atoms with Gasteiger partial charge in [0.15, 0.2) is 0 Å². The molecule has 68 valence electrons. The molecule has 0 aliphatic rings. The van der Waals surface area contributed by atoms with Gasteiger partial charge < -0.3 is 0 Å². The Hall–Kier alpha value is -0.160. The van der Waals surface area contributed by atoms with Crippen LogP contribution in [0, 0.1) is 11.8 Å². The first-order chi connectivity index (χ1) is 6.22. The first kappa shape index (κ1) is 10.9. The lowest BCUT2D eigenvalue weighted by Crippen LogP contribution is -1.76. The predicted molar refractivity (Wildman–Crippen MR) is 61.4 cm³/mol. The second kappa shape index (κ2) is 5.54. The van der Waals surface area contributed by atoms with E-state index < -0.39 is 0 Å². The van der Waals surface area contributed by atoms with Crippen LogP contribution in [0.1, 0.15) is 12.0 Å². The Kier molecular flexibility index (Phi) is 4.66. The zero-order chi connectivity index (χ0) is 9.68. The highest BCUT2D eigenvalue weighted by Crippen LogP contribution is 2.18. The quantitative estimate of drug-likeness (QED) is 0.536. The lowest BCUT2D eigenvalue weighted by molar-refractivity contribution is 1.29. The molecule has 13 heavy (non-hydrogen) atoms. The zero-order valence-electron chi connectivity index (χ0n) is 6.78. The average molecular weight is 278 g/mol. The number of hydrogen-bond donors (Lipinski definition) is 0. The lowest BCUT2D eigenvalue weighted by Gasteiger charge is -1.94. The third-order valence-electron chi connectivity index (χ3n) is 1.31. The van der Waals surface area contributed by atoms with E-state index in [2.05, 4.69) is 27.8 Å². The molecule has 1 aromatic carbocycles. The van der Waals surface area contributed by atoms with Crippen molar-refractivity contribution in [3.63, 3.8) is 0 Å². The molecule has 0 saturated heterocycles. The maximum atomic E-state index is 5.84. The van der Waals surface area contributed by atoms with E-state index in [0.717, 1.165) is 10.0 Å². The van der Waals surface area contributed by atoms with Crippen LogP contribution >= 0.6 is 39.1 Å². The minimum Gasteiger partial charge on any atom is -0.126 e. The fraction of sp³-hybridized carbons (Fsp3) is 0.200. The van der Waals surface area contributed by atoms with Gasteiger partial charge in [-0.25, -0.2) is 0 Å². The van der Waals surface area contributed by atoms with Crippen molar-refractivity contribution in [3.05, 3.63) is 33.3 Å². The molecule has 0 N–H and O–H groups in total. The maximum Gasteiger partial charge on any atom is 0.0429 e. The summed E-state index contributed by atoms with van der Waals surface area (Å²) < 4.78 is 0.940. The van der Waals surface area contributed by atoms with Crippen molar-refractivity contribution >= 4 is 39.1 Å². The number of rotatable bonds is 1. The van der Waals surface area contributed by atoms with Gasteiger partial charge in [-0.3, -0.25) is 0 Å². The molecular weight excluding hydrogens is 271 g/mol. The molecule has 1 aromatic rings. The molecular formula is C10H7BrCl2. The SMILES string of the molecule is ClCCC#Cc1cc(Cl)cc(Br)c1. The first-order valence-corrected chi connectivity index (χ1v) is 5.44. The van der Waals surface area contributed by atoms with E-state index in [-0.39, 0.29) is 0 Å². The molecule has 0 radical (unpaired) electrons. The van der Waals surface area contributed by atoms with E-state index in [1.165, 1.54) is 0 Å². The molecule has 0 saturated carbocycles. The molecule has 0 aliphatic carbocycles. The standard InChI is InChI=1S/C10H7BrCl2/c11-9-5-8(3-1-2-4-12)6-10(13)7-9/h5-7H,2,4H2. The highest BCUT2D eigenvalue weighted by molar-refractivity contribution is 9.10. The molecule has 3 heteroatoms. The van der Waals surface area contributed by atoms with Crippen molar-refractivity contribution in [2.24, 2.45) is 0 Å². The van der Waals surface area contributed by atoms with Crippen LogP contribution in [0.25, 0.3) is 0 Å². The summed E-state index contributed by atoms with van der Waals surface area (Å²) in [6.07, 6.45) is 0.700. The monoisotopic (exact) mass is 276 g/mol. The number of benzene rings is 1. The Morgan fingerprint density at radius 3 is 2.69 bits per heavy atom. The average Bonchev–Trinajstić information content (AvgIpc) is 2.03. The van der Waals surface area contributed by atoms with E-state index in [0.29, 0.717) is 17.3 Å². The van der Waals surface area contributed by atoms with E-state index in [4.69, 9.17) is 23.2 Å². The van der Waals surface area contributed by atoms with E-state index in [9.17, 15) is 0 Å². The largest absolute Gasteiger partial charge is 0.126 e. The van der Waals surface area contributed by atoms with Gasteiger partial charge in [-0.05, 0) is 18.2 Å². The van der Waals surface area contributed by atoms with Gasteiger partial charge in [0.25, 0.3) is 0 Å². The van der Waals surface area contributed by atoms with Crippen LogP contribution < -0.4 is 0 Å². The maximum absolute atomic E-state index is 5.84. The number of hydrogen-bond acceptors (Lipinski definition) is 0. The predicted octanol–water partition coefficient (Wildman–Crippen LogP) is 4.08. The van der Waals surface area contributed by atoms with E-state index in [1.54, 1.807) is 0 Å². The third kappa shape index (κ3) is 4.04. The number of halogens is 3. The van der Waals surface area contributed by atoms with Crippen LogP contribution in [-0.2, 0) is 0 Å². The van der Waals surface area contributed by atoms with E-state index >= 15 is 0 Å². The molecule has 0 amide bonds. The summed E-state index contributed by atoms with van der Waals surface area (Å²) in [5.41, 5.74) is 0.907. The molecule has 0 fully saturated rings. The minimum absolute atomic E-state index is 0.564. The molecule has 0 aliphatic heterocycles. The second-order valence-electron chi connectivity index (χ2n) is 2.40. The summed E-state index contributed by atoms with van der Waals surface area (Å²) in [4.78, 5) is 0. The van der Waals surface area contributed by atoms with Crippen LogP contribution in [0.2, 0.25) is 5.02 Å². The van der Waals surface area contributed by atoms with Crippen molar-refractivity contribution < 1.29 is 0 Å². The van der Waals surface area contributed by atoms with Crippen LogP contribution in [0.15, 0.2) is 22.7 Å². The Morgan fingerprint density at radius 1 is 1.31 bits per heavy atom. The highest BCUT2D eigenvalue weighted by Gasteiger charge is 1.93. The van der Waals surface area contributed by atoms with Crippen LogP contribution in [-0.4, -0.2) is 5.88 Å².